The van der Waals surface area contributed by atoms with Gasteiger partial charge in [-0.2, -0.15) is 5.10 Å². The van der Waals surface area contributed by atoms with Gasteiger partial charge in [0.1, 0.15) is 11.9 Å². The predicted octanol–water partition coefficient (Wildman–Crippen LogP) is 2.88. The van der Waals surface area contributed by atoms with E-state index in [-0.39, 0.29) is 17.5 Å². The molecule has 2 aromatic rings. The third-order valence-electron chi connectivity index (χ3n) is 3.29. The Hall–Kier alpha value is -3.09. The molecular formula is C18H20FN3O3. The summed E-state index contributed by atoms with van der Waals surface area (Å²) in [5.41, 5.74) is 3.64. The lowest BCUT2D eigenvalue weighted by atomic mass is 10.2. The van der Waals surface area contributed by atoms with Crippen LogP contribution in [0.15, 0.2) is 47.6 Å². The average molecular weight is 345 g/mol. The van der Waals surface area contributed by atoms with Gasteiger partial charge in [0.05, 0.1) is 12.8 Å². The molecule has 0 radical (unpaired) electrons. The number of nitrogens with zero attached hydrogens (tertiary/aromatic N) is 1. The van der Waals surface area contributed by atoms with Crippen LogP contribution in [0.1, 0.15) is 19.4 Å². The van der Waals surface area contributed by atoms with Crippen molar-refractivity contribution in [2.75, 3.05) is 11.9 Å². The second-order valence-corrected chi connectivity index (χ2v) is 5.27. The van der Waals surface area contributed by atoms with E-state index in [0.717, 1.165) is 0 Å². The van der Waals surface area contributed by atoms with Gasteiger partial charge in [-0.25, -0.2) is 9.82 Å². The summed E-state index contributed by atoms with van der Waals surface area (Å²) in [7, 11) is 0. The van der Waals surface area contributed by atoms with Crippen LogP contribution in [0.3, 0.4) is 0 Å². The quantitative estimate of drug-likeness (QED) is 0.532. The number of nitrogens with one attached hydrogen (secondary N) is 2. The van der Waals surface area contributed by atoms with Crippen LogP contribution in [-0.4, -0.2) is 29.9 Å². The second kappa shape index (κ2) is 8.68. The minimum Gasteiger partial charge on any atom is -0.504 e. The van der Waals surface area contributed by atoms with Crippen molar-refractivity contribution in [2.24, 2.45) is 5.10 Å². The molecule has 6 nitrogen and oxygen atoms in total. The number of rotatable bonds is 7. The van der Waals surface area contributed by atoms with E-state index in [0.29, 0.717) is 23.6 Å². The summed E-state index contributed by atoms with van der Waals surface area (Å²) >= 11 is 0. The standard InChI is InChI=1S/C18H20FN3O3/c1-3-25-17-9-4-13(10-16(17)23)11-20-22-18(24)12(2)21-15-7-5-14(19)6-8-15/h4-12,21,23H,3H2,1-2H3,(H,22,24). The second-order valence-electron chi connectivity index (χ2n) is 5.27. The molecule has 0 saturated carbocycles. The zero-order chi connectivity index (χ0) is 18.2. The summed E-state index contributed by atoms with van der Waals surface area (Å²) in [6.45, 7) is 3.94. The number of phenols is 1. The summed E-state index contributed by atoms with van der Waals surface area (Å²) in [4.78, 5) is 12.0. The number of aromatic hydroxyl groups is 1. The molecule has 0 aliphatic carbocycles. The Bertz CT molecular complexity index is 748. The molecule has 7 heteroatoms. The lowest BCUT2D eigenvalue weighted by Crippen LogP contribution is -2.34. The van der Waals surface area contributed by atoms with Crippen molar-refractivity contribution >= 4 is 17.8 Å². The third kappa shape index (κ3) is 5.49. The molecule has 25 heavy (non-hydrogen) atoms. The Labute approximate surface area is 145 Å². The number of anilines is 1. The van der Waals surface area contributed by atoms with Crippen molar-refractivity contribution in [3.8, 4) is 11.5 Å². The fourth-order valence-electron chi connectivity index (χ4n) is 2.02. The predicted molar refractivity (Wildman–Crippen MR) is 94.5 cm³/mol. The Balaban J connectivity index is 1.89. The van der Waals surface area contributed by atoms with Crippen molar-refractivity contribution in [1.29, 1.82) is 0 Å². The summed E-state index contributed by atoms with van der Waals surface area (Å²) in [5.74, 6) is -0.300. The van der Waals surface area contributed by atoms with Crippen molar-refractivity contribution in [2.45, 2.75) is 19.9 Å². The maximum absolute atomic E-state index is 12.9. The Morgan fingerprint density at radius 1 is 1.32 bits per heavy atom. The van der Waals surface area contributed by atoms with E-state index in [1.807, 2.05) is 6.92 Å². The summed E-state index contributed by atoms with van der Waals surface area (Å²) < 4.78 is 18.1. The summed E-state index contributed by atoms with van der Waals surface area (Å²) in [5, 5.41) is 16.6. The van der Waals surface area contributed by atoms with Crippen LogP contribution in [0, 0.1) is 5.82 Å². The zero-order valence-corrected chi connectivity index (χ0v) is 14.0. The molecule has 1 atom stereocenters. The minimum atomic E-state index is -0.559. The van der Waals surface area contributed by atoms with Crippen molar-refractivity contribution < 1.29 is 19.0 Å². The molecule has 2 rings (SSSR count). The third-order valence-corrected chi connectivity index (χ3v) is 3.29. The van der Waals surface area contributed by atoms with Crippen molar-refractivity contribution in [3.05, 3.63) is 53.8 Å². The normalized spacial score (nSPS) is 12.0. The number of amides is 1. The number of carbonyl (C=O) groups is 1. The van der Waals surface area contributed by atoms with E-state index in [2.05, 4.69) is 15.8 Å². The van der Waals surface area contributed by atoms with Gasteiger partial charge in [-0.05, 0) is 61.9 Å². The highest BCUT2D eigenvalue weighted by Gasteiger charge is 2.11. The highest BCUT2D eigenvalue weighted by Crippen LogP contribution is 2.26. The number of halogens is 1. The molecule has 0 aliphatic rings. The largest absolute Gasteiger partial charge is 0.504 e. The van der Waals surface area contributed by atoms with Crippen LogP contribution in [-0.2, 0) is 4.79 Å². The molecule has 0 aromatic heterocycles. The van der Waals surface area contributed by atoms with E-state index >= 15 is 0 Å². The fraction of sp³-hybridized carbons (Fsp3) is 0.222. The number of carbonyl (C=O) groups excluding carboxylic acids is 1. The maximum Gasteiger partial charge on any atom is 0.262 e. The highest BCUT2D eigenvalue weighted by molar-refractivity contribution is 5.86. The molecule has 1 amide bonds. The molecule has 0 heterocycles. The number of phenolic OH excluding ortho intramolecular Hbond substituents is 1. The van der Waals surface area contributed by atoms with Gasteiger partial charge in [-0.15, -0.1) is 0 Å². The Morgan fingerprint density at radius 3 is 2.68 bits per heavy atom. The molecule has 132 valence electrons. The number of ether oxygens (including phenoxy) is 1. The first kappa shape index (κ1) is 18.3. The van der Waals surface area contributed by atoms with Crippen LogP contribution >= 0.6 is 0 Å². The first-order valence-corrected chi connectivity index (χ1v) is 7.80. The lowest BCUT2D eigenvalue weighted by molar-refractivity contribution is -0.121. The first-order valence-electron chi connectivity index (χ1n) is 7.80. The molecule has 0 saturated heterocycles. The van der Waals surface area contributed by atoms with E-state index in [1.54, 1.807) is 31.2 Å². The van der Waals surface area contributed by atoms with Gasteiger partial charge in [0.25, 0.3) is 5.91 Å². The SMILES string of the molecule is CCOc1ccc(C=NNC(=O)C(C)Nc2ccc(F)cc2)cc1O. The van der Waals surface area contributed by atoms with E-state index in [9.17, 15) is 14.3 Å². The molecule has 3 N–H and O–H groups in total. The van der Waals surface area contributed by atoms with Crippen molar-refractivity contribution in [3.63, 3.8) is 0 Å². The van der Waals surface area contributed by atoms with Gasteiger partial charge in [-0.3, -0.25) is 4.79 Å². The van der Waals surface area contributed by atoms with E-state index < -0.39 is 6.04 Å². The van der Waals surface area contributed by atoms with Gasteiger partial charge in [0.15, 0.2) is 11.5 Å². The summed E-state index contributed by atoms with van der Waals surface area (Å²) in [6.07, 6.45) is 1.41. The number of hydrogen-bond acceptors (Lipinski definition) is 5. The van der Waals surface area contributed by atoms with Gasteiger partial charge in [0, 0.05) is 5.69 Å². The van der Waals surface area contributed by atoms with Gasteiger partial charge < -0.3 is 15.2 Å². The zero-order valence-electron chi connectivity index (χ0n) is 14.0. The number of benzene rings is 2. The highest BCUT2D eigenvalue weighted by atomic mass is 19.1. The Morgan fingerprint density at radius 2 is 2.04 bits per heavy atom. The molecule has 0 bridgehead atoms. The maximum atomic E-state index is 12.9. The minimum absolute atomic E-state index is 0.00321. The van der Waals surface area contributed by atoms with Crippen LogP contribution in [0.4, 0.5) is 10.1 Å². The first-order chi connectivity index (χ1) is 12.0. The monoisotopic (exact) mass is 345 g/mol. The topological polar surface area (TPSA) is 83.0 Å². The molecule has 1 unspecified atom stereocenters. The van der Waals surface area contributed by atoms with Crippen LogP contribution in [0.25, 0.3) is 0 Å². The van der Waals surface area contributed by atoms with E-state index in [1.165, 1.54) is 24.4 Å². The van der Waals surface area contributed by atoms with E-state index in [4.69, 9.17) is 4.74 Å². The molecule has 0 aliphatic heterocycles. The smallest absolute Gasteiger partial charge is 0.262 e. The van der Waals surface area contributed by atoms with Crippen LogP contribution < -0.4 is 15.5 Å². The molecular weight excluding hydrogens is 325 g/mol. The van der Waals surface area contributed by atoms with Gasteiger partial charge in [0.2, 0.25) is 0 Å². The van der Waals surface area contributed by atoms with Gasteiger partial charge >= 0.3 is 0 Å². The average Bonchev–Trinajstić information content (AvgIpc) is 2.59. The number of hydrazone groups is 1. The molecule has 0 spiro atoms. The van der Waals surface area contributed by atoms with Crippen LogP contribution in [0.5, 0.6) is 11.5 Å². The Kier molecular flexibility index (Phi) is 6.33. The van der Waals surface area contributed by atoms with Crippen molar-refractivity contribution in [1.82, 2.24) is 5.43 Å². The lowest BCUT2D eigenvalue weighted by Gasteiger charge is -2.13. The molecule has 2 aromatic carbocycles. The van der Waals surface area contributed by atoms with Crippen LogP contribution in [0.2, 0.25) is 0 Å². The fourth-order valence-corrected chi connectivity index (χ4v) is 2.02. The number of hydrogen-bond donors (Lipinski definition) is 3. The molecule has 0 fully saturated rings. The van der Waals surface area contributed by atoms with Gasteiger partial charge in [-0.1, -0.05) is 0 Å². The summed E-state index contributed by atoms with van der Waals surface area (Å²) in [6, 6.07) is 9.97.